The summed E-state index contributed by atoms with van der Waals surface area (Å²) in [5.74, 6) is 0.394. The van der Waals surface area contributed by atoms with Gasteiger partial charge < -0.3 is 10.3 Å². The zero-order valence-electron chi connectivity index (χ0n) is 7.96. The van der Waals surface area contributed by atoms with Gasteiger partial charge in [-0.25, -0.2) is 4.98 Å². The van der Waals surface area contributed by atoms with Gasteiger partial charge in [-0.3, -0.25) is 4.79 Å². The van der Waals surface area contributed by atoms with Crippen molar-refractivity contribution in [3.63, 3.8) is 0 Å². The summed E-state index contributed by atoms with van der Waals surface area (Å²) in [7, 11) is 0. The van der Waals surface area contributed by atoms with Crippen LogP contribution >= 0.6 is 38.9 Å². The van der Waals surface area contributed by atoms with Crippen molar-refractivity contribution in [2.45, 2.75) is 6.54 Å². The molecule has 2 rings (SSSR count). The van der Waals surface area contributed by atoms with E-state index in [-0.39, 0.29) is 10.6 Å². The van der Waals surface area contributed by atoms with Crippen LogP contribution in [0.3, 0.4) is 0 Å². The predicted molar refractivity (Wildman–Crippen MR) is 69.2 cm³/mol. The standard InChI is InChI=1S/C9H7BrClN3OS/c10-5-1-2-16-6(5)3-12-8-7(11)9(15)14-4-13-8/h1-2,4H,3H2,(H2,12,13,14,15). The number of aromatic amines is 1. The lowest BCUT2D eigenvalue weighted by atomic mass is 10.4. The third kappa shape index (κ3) is 2.45. The zero-order chi connectivity index (χ0) is 11.5. The van der Waals surface area contributed by atoms with Crippen LogP contribution in [-0.2, 0) is 6.54 Å². The van der Waals surface area contributed by atoms with Crippen molar-refractivity contribution in [1.29, 1.82) is 0 Å². The maximum Gasteiger partial charge on any atom is 0.271 e. The molecule has 0 bridgehead atoms. The molecule has 4 nitrogen and oxygen atoms in total. The highest BCUT2D eigenvalue weighted by Crippen LogP contribution is 2.24. The molecule has 0 unspecified atom stereocenters. The number of H-pyrrole nitrogens is 1. The maximum absolute atomic E-state index is 11.2. The van der Waals surface area contributed by atoms with E-state index < -0.39 is 0 Å². The number of thiophene rings is 1. The number of aromatic nitrogens is 2. The molecule has 84 valence electrons. The summed E-state index contributed by atoms with van der Waals surface area (Å²) in [4.78, 5) is 18.7. The molecule has 0 spiro atoms. The molecule has 2 aromatic heterocycles. The van der Waals surface area contributed by atoms with E-state index in [9.17, 15) is 4.79 Å². The van der Waals surface area contributed by atoms with Gasteiger partial charge >= 0.3 is 0 Å². The SMILES string of the molecule is O=c1[nH]cnc(NCc2sccc2Br)c1Cl. The molecule has 2 N–H and O–H groups in total. The Morgan fingerprint density at radius 1 is 1.62 bits per heavy atom. The smallest absolute Gasteiger partial charge is 0.271 e. The zero-order valence-corrected chi connectivity index (χ0v) is 11.1. The highest BCUT2D eigenvalue weighted by Gasteiger charge is 2.06. The van der Waals surface area contributed by atoms with Crippen LogP contribution in [-0.4, -0.2) is 9.97 Å². The fraction of sp³-hybridized carbons (Fsp3) is 0.111. The first-order valence-electron chi connectivity index (χ1n) is 4.37. The van der Waals surface area contributed by atoms with Crippen LogP contribution in [0.4, 0.5) is 5.82 Å². The fourth-order valence-corrected chi connectivity index (χ4v) is 2.72. The van der Waals surface area contributed by atoms with E-state index in [0.717, 1.165) is 9.35 Å². The van der Waals surface area contributed by atoms with Crippen molar-refractivity contribution in [3.8, 4) is 0 Å². The molecular weight excluding hydrogens is 314 g/mol. The summed E-state index contributed by atoms with van der Waals surface area (Å²) in [5.41, 5.74) is -0.343. The van der Waals surface area contributed by atoms with Crippen LogP contribution in [0.2, 0.25) is 5.02 Å². The van der Waals surface area contributed by atoms with Gasteiger partial charge in [0.25, 0.3) is 5.56 Å². The number of anilines is 1. The van der Waals surface area contributed by atoms with Crippen LogP contribution < -0.4 is 10.9 Å². The first kappa shape index (κ1) is 11.6. The van der Waals surface area contributed by atoms with Crippen molar-refractivity contribution in [3.05, 3.63) is 42.5 Å². The van der Waals surface area contributed by atoms with Gasteiger partial charge in [0.15, 0.2) is 5.82 Å². The second-order valence-corrected chi connectivity index (χ2v) is 5.17. The molecule has 0 amide bonds. The van der Waals surface area contributed by atoms with E-state index >= 15 is 0 Å². The Morgan fingerprint density at radius 3 is 3.12 bits per heavy atom. The van der Waals surface area contributed by atoms with Gasteiger partial charge in [-0.05, 0) is 27.4 Å². The molecule has 0 aromatic carbocycles. The molecular formula is C9H7BrClN3OS. The summed E-state index contributed by atoms with van der Waals surface area (Å²) in [6.45, 7) is 0.578. The third-order valence-corrected chi connectivity index (χ3v) is 4.18. The van der Waals surface area contributed by atoms with Crippen molar-refractivity contribution in [2.75, 3.05) is 5.32 Å². The van der Waals surface area contributed by atoms with Crippen LogP contribution in [0, 0.1) is 0 Å². The lowest BCUT2D eigenvalue weighted by Gasteiger charge is -2.05. The minimum Gasteiger partial charge on any atom is -0.364 e. The first-order chi connectivity index (χ1) is 7.68. The second-order valence-electron chi connectivity index (χ2n) is 2.94. The van der Waals surface area contributed by atoms with Crippen molar-refractivity contribution < 1.29 is 0 Å². The largest absolute Gasteiger partial charge is 0.364 e. The van der Waals surface area contributed by atoms with Crippen LogP contribution in [0.1, 0.15) is 4.88 Å². The Balaban J connectivity index is 2.14. The van der Waals surface area contributed by atoms with E-state index in [1.165, 1.54) is 6.33 Å². The molecule has 0 saturated heterocycles. The van der Waals surface area contributed by atoms with Gasteiger partial charge in [-0.1, -0.05) is 11.6 Å². The van der Waals surface area contributed by atoms with Gasteiger partial charge in [-0.2, -0.15) is 0 Å². The summed E-state index contributed by atoms with van der Waals surface area (Å²) in [6, 6.07) is 1.97. The van der Waals surface area contributed by atoms with Crippen LogP contribution in [0.5, 0.6) is 0 Å². The second kappa shape index (κ2) is 4.99. The summed E-state index contributed by atoms with van der Waals surface area (Å²) in [6.07, 6.45) is 1.32. The Hall–Kier alpha value is -0.850. The highest BCUT2D eigenvalue weighted by molar-refractivity contribution is 9.10. The van der Waals surface area contributed by atoms with Crippen LogP contribution in [0.15, 0.2) is 27.0 Å². The molecule has 0 aliphatic carbocycles. The Morgan fingerprint density at radius 2 is 2.44 bits per heavy atom. The molecule has 0 saturated carbocycles. The summed E-state index contributed by atoms with van der Waals surface area (Å²) in [5, 5.41) is 5.07. The van der Waals surface area contributed by atoms with E-state index in [1.54, 1.807) is 11.3 Å². The van der Waals surface area contributed by atoms with Gasteiger partial charge in [0.1, 0.15) is 5.02 Å². The minimum atomic E-state index is -0.343. The number of hydrogen-bond donors (Lipinski definition) is 2. The average molecular weight is 321 g/mol. The van der Waals surface area contributed by atoms with E-state index in [1.807, 2.05) is 11.4 Å². The number of halogens is 2. The molecule has 0 atom stereocenters. The predicted octanol–water partition coefficient (Wildman–Crippen LogP) is 2.86. The quantitative estimate of drug-likeness (QED) is 0.914. The normalized spacial score (nSPS) is 10.4. The summed E-state index contributed by atoms with van der Waals surface area (Å²) >= 11 is 10.8. The van der Waals surface area contributed by atoms with Gasteiger partial charge in [0, 0.05) is 9.35 Å². The Labute approximate surface area is 109 Å². The van der Waals surface area contributed by atoms with Crippen LogP contribution in [0.25, 0.3) is 0 Å². The molecule has 0 radical (unpaired) electrons. The number of hydrogen-bond acceptors (Lipinski definition) is 4. The fourth-order valence-electron chi connectivity index (χ4n) is 1.12. The maximum atomic E-state index is 11.2. The minimum absolute atomic E-state index is 0.0789. The Kier molecular flexibility index (Phi) is 3.63. The van der Waals surface area contributed by atoms with E-state index in [2.05, 4.69) is 31.2 Å². The van der Waals surface area contributed by atoms with Crippen molar-refractivity contribution in [2.24, 2.45) is 0 Å². The number of rotatable bonds is 3. The first-order valence-corrected chi connectivity index (χ1v) is 6.42. The third-order valence-electron chi connectivity index (χ3n) is 1.90. The topological polar surface area (TPSA) is 57.8 Å². The molecule has 0 aliphatic rings. The Bertz CT molecular complexity index is 554. The van der Waals surface area contributed by atoms with E-state index in [0.29, 0.717) is 12.4 Å². The van der Waals surface area contributed by atoms with Gasteiger partial charge in [0.2, 0.25) is 0 Å². The molecule has 16 heavy (non-hydrogen) atoms. The molecule has 0 aliphatic heterocycles. The number of nitrogens with one attached hydrogen (secondary N) is 2. The number of nitrogens with zero attached hydrogens (tertiary/aromatic N) is 1. The highest BCUT2D eigenvalue weighted by atomic mass is 79.9. The molecule has 2 heterocycles. The lowest BCUT2D eigenvalue weighted by Crippen LogP contribution is -2.11. The van der Waals surface area contributed by atoms with E-state index in [4.69, 9.17) is 11.6 Å². The lowest BCUT2D eigenvalue weighted by molar-refractivity contribution is 1.07. The molecule has 0 fully saturated rings. The van der Waals surface area contributed by atoms with Gasteiger partial charge in [0.05, 0.1) is 12.9 Å². The van der Waals surface area contributed by atoms with Gasteiger partial charge in [-0.15, -0.1) is 11.3 Å². The average Bonchev–Trinajstić information content (AvgIpc) is 2.67. The monoisotopic (exact) mass is 319 g/mol. The van der Waals surface area contributed by atoms with Crippen molar-refractivity contribution >= 4 is 44.7 Å². The molecule has 7 heteroatoms. The summed E-state index contributed by atoms with van der Waals surface area (Å²) < 4.78 is 1.03. The molecule has 2 aromatic rings. The van der Waals surface area contributed by atoms with Crippen molar-refractivity contribution in [1.82, 2.24) is 9.97 Å².